The summed E-state index contributed by atoms with van der Waals surface area (Å²) in [7, 11) is 0. The van der Waals surface area contributed by atoms with Crippen molar-refractivity contribution >= 4 is 11.9 Å². The van der Waals surface area contributed by atoms with Gasteiger partial charge in [0.15, 0.2) is 0 Å². The van der Waals surface area contributed by atoms with Crippen LogP contribution in [0.15, 0.2) is 30.3 Å². The molecule has 1 heterocycles. The molecular weight excluding hydrogens is 344 g/mol. The normalized spacial score (nSPS) is 28.4. The van der Waals surface area contributed by atoms with E-state index < -0.39 is 17.7 Å². The topological polar surface area (TPSA) is 78.9 Å². The minimum absolute atomic E-state index is 0.00593. The van der Waals surface area contributed by atoms with Crippen LogP contribution in [-0.2, 0) is 16.1 Å². The minimum Gasteiger partial charge on any atom is -0.389 e. The number of amides is 3. The lowest BCUT2D eigenvalue weighted by atomic mass is 9.64. The molecule has 6 nitrogen and oxygen atoms in total. The standard InChI is InChI=1S/C21H30N2O4/c1-15-9-20(2,3)14-21(10-15)18(25)23(19(26)22-21)11-17(24)13-27-12-16-7-5-4-6-8-16/h4-8,15,17,24H,9-14H2,1-3H3,(H,22,26)/t15-,17-,21-/m1/s1. The van der Waals surface area contributed by atoms with E-state index in [1.54, 1.807) is 0 Å². The van der Waals surface area contributed by atoms with E-state index in [0.717, 1.165) is 16.9 Å². The van der Waals surface area contributed by atoms with Gasteiger partial charge < -0.3 is 15.2 Å². The van der Waals surface area contributed by atoms with E-state index in [1.165, 1.54) is 0 Å². The first-order valence-electron chi connectivity index (χ1n) is 9.65. The molecule has 2 fully saturated rings. The van der Waals surface area contributed by atoms with Gasteiger partial charge in [-0.25, -0.2) is 4.79 Å². The first-order chi connectivity index (χ1) is 12.7. The van der Waals surface area contributed by atoms with Crippen LogP contribution in [0.4, 0.5) is 4.79 Å². The van der Waals surface area contributed by atoms with Gasteiger partial charge in [-0.15, -0.1) is 0 Å². The smallest absolute Gasteiger partial charge is 0.325 e. The molecule has 1 saturated heterocycles. The first kappa shape index (κ1) is 19.8. The van der Waals surface area contributed by atoms with E-state index in [1.807, 2.05) is 30.3 Å². The Morgan fingerprint density at radius 3 is 2.63 bits per heavy atom. The maximum atomic E-state index is 13.0. The Labute approximate surface area is 160 Å². The number of rotatable bonds is 6. The minimum atomic E-state index is -0.910. The van der Waals surface area contributed by atoms with Crippen LogP contribution in [-0.4, -0.2) is 46.7 Å². The predicted molar refractivity (Wildman–Crippen MR) is 102 cm³/mol. The highest BCUT2D eigenvalue weighted by Crippen LogP contribution is 2.46. The maximum absolute atomic E-state index is 13.0. The molecule has 2 aliphatic rings. The largest absolute Gasteiger partial charge is 0.389 e. The highest BCUT2D eigenvalue weighted by Gasteiger charge is 2.56. The molecule has 0 unspecified atom stereocenters. The Balaban J connectivity index is 1.57. The number of ether oxygens (including phenoxy) is 1. The molecule has 27 heavy (non-hydrogen) atoms. The number of β-amino-alcohol motifs (C(OH)–C–C–N with tert-alkyl or cyclic N) is 1. The van der Waals surface area contributed by atoms with Crippen LogP contribution in [0.5, 0.6) is 0 Å². The number of carbonyl (C=O) groups excluding carboxylic acids is 2. The summed E-state index contributed by atoms with van der Waals surface area (Å²) in [5, 5.41) is 13.2. The molecule has 0 bridgehead atoms. The van der Waals surface area contributed by atoms with Gasteiger partial charge in [-0.2, -0.15) is 0 Å². The van der Waals surface area contributed by atoms with Crippen molar-refractivity contribution in [3.05, 3.63) is 35.9 Å². The van der Waals surface area contributed by atoms with Crippen LogP contribution in [0, 0.1) is 11.3 Å². The Morgan fingerprint density at radius 2 is 1.96 bits per heavy atom. The van der Waals surface area contributed by atoms with Crippen molar-refractivity contribution in [1.82, 2.24) is 10.2 Å². The lowest BCUT2D eigenvalue weighted by Crippen LogP contribution is -2.54. The Hall–Kier alpha value is -1.92. The number of aliphatic hydroxyl groups excluding tert-OH is 1. The van der Waals surface area contributed by atoms with Crippen LogP contribution in [0.3, 0.4) is 0 Å². The second kappa shape index (κ2) is 7.60. The number of benzene rings is 1. The number of imide groups is 1. The molecular formula is C21H30N2O4. The predicted octanol–water partition coefficient (Wildman–Crippen LogP) is 2.70. The molecule has 6 heteroatoms. The van der Waals surface area contributed by atoms with Crippen LogP contribution in [0.25, 0.3) is 0 Å². The lowest BCUT2D eigenvalue weighted by Gasteiger charge is -2.43. The highest BCUT2D eigenvalue weighted by molar-refractivity contribution is 6.07. The average Bonchev–Trinajstić information content (AvgIpc) is 2.77. The number of hydrogen-bond donors (Lipinski definition) is 2. The van der Waals surface area contributed by atoms with E-state index in [2.05, 4.69) is 26.1 Å². The fourth-order valence-corrected chi connectivity index (χ4v) is 4.82. The Bertz CT molecular complexity index is 691. The summed E-state index contributed by atoms with van der Waals surface area (Å²) < 4.78 is 5.53. The van der Waals surface area contributed by atoms with Crippen molar-refractivity contribution in [1.29, 1.82) is 0 Å². The summed E-state index contributed by atoms with van der Waals surface area (Å²) in [5.74, 6) is 0.145. The third-order valence-electron chi connectivity index (χ3n) is 5.44. The summed E-state index contributed by atoms with van der Waals surface area (Å²) in [6.45, 7) is 6.80. The number of urea groups is 1. The molecule has 3 atom stereocenters. The van der Waals surface area contributed by atoms with E-state index >= 15 is 0 Å². The molecule has 1 aromatic rings. The molecule has 148 valence electrons. The van der Waals surface area contributed by atoms with Crippen molar-refractivity contribution in [2.45, 2.75) is 58.3 Å². The molecule has 2 N–H and O–H groups in total. The molecule has 1 saturated carbocycles. The molecule has 1 aliphatic carbocycles. The van der Waals surface area contributed by atoms with Crippen molar-refractivity contribution in [2.24, 2.45) is 11.3 Å². The van der Waals surface area contributed by atoms with Gasteiger partial charge >= 0.3 is 6.03 Å². The van der Waals surface area contributed by atoms with E-state index in [4.69, 9.17) is 4.74 Å². The second-order valence-electron chi connectivity index (χ2n) is 8.94. The zero-order valence-electron chi connectivity index (χ0n) is 16.4. The fourth-order valence-electron chi connectivity index (χ4n) is 4.82. The monoisotopic (exact) mass is 374 g/mol. The van der Waals surface area contributed by atoms with Crippen molar-refractivity contribution in [3.63, 3.8) is 0 Å². The summed E-state index contributed by atoms with van der Waals surface area (Å²) in [6, 6.07) is 9.26. The highest BCUT2D eigenvalue weighted by atomic mass is 16.5. The molecule has 1 aromatic carbocycles. The summed E-state index contributed by atoms with van der Waals surface area (Å²) in [4.78, 5) is 26.7. The van der Waals surface area contributed by atoms with Crippen molar-refractivity contribution < 1.29 is 19.4 Å². The van der Waals surface area contributed by atoms with Gasteiger partial charge in [0.05, 0.1) is 25.9 Å². The van der Waals surface area contributed by atoms with E-state index in [-0.39, 0.29) is 24.5 Å². The van der Waals surface area contributed by atoms with Gasteiger partial charge in [-0.1, -0.05) is 51.1 Å². The SMILES string of the molecule is C[C@@H]1CC(C)(C)C[C@@]2(C1)NC(=O)N(C[C@@H](O)COCc1ccccc1)C2=O. The number of aliphatic hydroxyl groups is 1. The second-order valence-corrected chi connectivity index (χ2v) is 8.94. The third-order valence-corrected chi connectivity index (χ3v) is 5.44. The molecule has 1 spiro atoms. The van der Waals surface area contributed by atoms with Gasteiger partial charge in [-0.3, -0.25) is 9.69 Å². The zero-order valence-corrected chi connectivity index (χ0v) is 16.4. The van der Waals surface area contributed by atoms with E-state index in [0.29, 0.717) is 25.4 Å². The van der Waals surface area contributed by atoms with Crippen molar-refractivity contribution in [2.75, 3.05) is 13.2 Å². The van der Waals surface area contributed by atoms with E-state index in [9.17, 15) is 14.7 Å². The molecule has 3 rings (SSSR count). The van der Waals surface area contributed by atoms with Crippen LogP contribution in [0.2, 0.25) is 0 Å². The lowest BCUT2D eigenvalue weighted by molar-refractivity contribution is -0.136. The molecule has 3 amide bonds. The van der Waals surface area contributed by atoms with Gasteiger partial charge in [0.25, 0.3) is 5.91 Å². The van der Waals surface area contributed by atoms with Gasteiger partial charge in [0.1, 0.15) is 5.54 Å². The Morgan fingerprint density at radius 1 is 1.26 bits per heavy atom. The van der Waals surface area contributed by atoms with Crippen LogP contribution in [0.1, 0.15) is 45.6 Å². The number of carbonyl (C=O) groups is 2. The molecule has 1 aliphatic heterocycles. The quantitative estimate of drug-likeness (QED) is 0.751. The first-order valence-corrected chi connectivity index (χ1v) is 9.65. The maximum Gasteiger partial charge on any atom is 0.325 e. The zero-order chi connectivity index (χ0) is 19.7. The summed E-state index contributed by atoms with van der Waals surface area (Å²) >= 11 is 0. The summed E-state index contributed by atoms with van der Waals surface area (Å²) in [5.41, 5.74) is 0.175. The molecule has 0 radical (unpaired) electrons. The fraction of sp³-hybridized carbons (Fsp3) is 0.619. The summed E-state index contributed by atoms with van der Waals surface area (Å²) in [6.07, 6.45) is 1.41. The van der Waals surface area contributed by atoms with Gasteiger partial charge in [0, 0.05) is 0 Å². The van der Waals surface area contributed by atoms with Crippen LogP contribution >= 0.6 is 0 Å². The number of hydrogen-bond acceptors (Lipinski definition) is 4. The van der Waals surface area contributed by atoms with Crippen LogP contribution < -0.4 is 5.32 Å². The average molecular weight is 374 g/mol. The third kappa shape index (κ3) is 4.50. The van der Waals surface area contributed by atoms with Gasteiger partial charge in [-0.05, 0) is 36.2 Å². The molecule has 0 aromatic heterocycles. The van der Waals surface area contributed by atoms with Crippen molar-refractivity contribution in [3.8, 4) is 0 Å². The van der Waals surface area contributed by atoms with Gasteiger partial charge in [0.2, 0.25) is 0 Å². The number of nitrogens with zero attached hydrogens (tertiary/aromatic N) is 1. The Kier molecular flexibility index (Phi) is 5.58. The number of nitrogens with one attached hydrogen (secondary N) is 1.